The predicted octanol–water partition coefficient (Wildman–Crippen LogP) is 2.05. The number of rotatable bonds is 3. The van der Waals surface area contributed by atoms with Crippen LogP contribution in [0.15, 0.2) is 24.3 Å². The van der Waals surface area contributed by atoms with Crippen LogP contribution >= 0.6 is 0 Å². The maximum absolute atomic E-state index is 13.2. The highest BCUT2D eigenvalue weighted by Gasteiger charge is 2.40. The molecule has 0 saturated carbocycles. The van der Waals surface area contributed by atoms with Gasteiger partial charge in [0.05, 0.1) is 18.2 Å². The van der Waals surface area contributed by atoms with Crippen molar-refractivity contribution in [1.29, 1.82) is 0 Å². The second-order valence-corrected chi connectivity index (χ2v) is 6.15. The molecule has 2 fully saturated rings. The average molecular weight is 328 g/mol. The lowest BCUT2D eigenvalue weighted by Crippen LogP contribution is -2.47. The topological polar surface area (TPSA) is 43.8 Å². The van der Waals surface area contributed by atoms with E-state index in [9.17, 15) is 23.1 Å². The normalized spacial score (nSPS) is 25.5. The standard InChI is InChI=1S/C16H19F3N2O2/c17-16(18,19)13-5-2-1-4-12(13)14-8-11(22)9-21(14)10-15(23)20-6-3-7-20/h1-2,4-5,11,14,22H,3,6-10H2/t11-,14+/m1/s1. The van der Waals surface area contributed by atoms with Crippen molar-refractivity contribution in [2.24, 2.45) is 0 Å². The molecule has 1 amide bonds. The van der Waals surface area contributed by atoms with Gasteiger partial charge < -0.3 is 10.0 Å². The van der Waals surface area contributed by atoms with E-state index < -0.39 is 23.9 Å². The molecule has 2 atom stereocenters. The highest BCUT2D eigenvalue weighted by molar-refractivity contribution is 5.79. The molecule has 1 aromatic carbocycles. The molecule has 2 aliphatic rings. The fraction of sp³-hybridized carbons (Fsp3) is 0.562. The van der Waals surface area contributed by atoms with Crippen molar-refractivity contribution in [2.45, 2.75) is 31.2 Å². The SMILES string of the molecule is O=C(CN1C[C@H](O)C[C@H]1c1ccccc1C(F)(F)F)N1CCC1. The minimum absolute atomic E-state index is 0.0495. The van der Waals surface area contributed by atoms with Gasteiger partial charge in [0.25, 0.3) is 0 Å². The van der Waals surface area contributed by atoms with Gasteiger partial charge in [0.2, 0.25) is 5.91 Å². The summed E-state index contributed by atoms with van der Waals surface area (Å²) in [6, 6.07) is 4.81. The number of amides is 1. The Bertz CT molecular complexity index is 587. The van der Waals surface area contributed by atoms with Gasteiger partial charge in [0, 0.05) is 25.7 Å². The fourth-order valence-corrected chi connectivity index (χ4v) is 3.26. The molecule has 2 heterocycles. The molecular formula is C16H19F3N2O2. The molecule has 1 N–H and O–H groups in total. The Balaban J connectivity index is 1.83. The van der Waals surface area contributed by atoms with Gasteiger partial charge in [-0.25, -0.2) is 0 Å². The van der Waals surface area contributed by atoms with Gasteiger partial charge in [-0.05, 0) is 24.5 Å². The maximum Gasteiger partial charge on any atom is 0.416 e. The van der Waals surface area contributed by atoms with Crippen LogP contribution in [0, 0.1) is 0 Å². The summed E-state index contributed by atoms with van der Waals surface area (Å²) in [5, 5.41) is 9.90. The third-order valence-corrected chi connectivity index (χ3v) is 4.55. The summed E-state index contributed by atoms with van der Waals surface area (Å²) in [5.41, 5.74) is -0.562. The number of benzene rings is 1. The Morgan fingerprint density at radius 3 is 2.57 bits per heavy atom. The first-order valence-corrected chi connectivity index (χ1v) is 7.72. The fourth-order valence-electron chi connectivity index (χ4n) is 3.26. The van der Waals surface area contributed by atoms with Crippen LogP contribution < -0.4 is 0 Å². The lowest BCUT2D eigenvalue weighted by molar-refractivity contribution is -0.138. The van der Waals surface area contributed by atoms with Gasteiger partial charge in [-0.1, -0.05) is 18.2 Å². The van der Waals surface area contributed by atoms with E-state index in [1.54, 1.807) is 15.9 Å². The number of hydrogen-bond donors (Lipinski definition) is 1. The van der Waals surface area contributed by atoms with Crippen LogP contribution in [0.4, 0.5) is 13.2 Å². The zero-order valence-corrected chi connectivity index (χ0v) is 12.6. The van der Waals surface area contributed by atoms with Gasteiger partial charge in [0.1, 0.15) is 0 Å². The van der Waals surface area contributed by atoms with Gasteiger partial charge in [-0.15, -0.1) is 0 Å². The second-order valence-electron chi connectivity index (χ2n) is 6.15. The maximum atomic E-state index is 13.2. The van der Waals surface area contributed by atoms with E-state index in [0.717, 1.165) is 12.5 Å². The van der Waals surface area contributed by atoms with Crippen molar-refractivity contribution in [3.8, 4) is 0 Å². The van der Waals surface area contributed by atoms with Crippen molar-refractivity contribution in [2.75, 3.05) is 26.2 Å². The molecule has 0 spiro atoms. The number of aliphatic hydroxyl groups is 1. The Labute approximate surface area is 132 Å². The first-order valence-electron chi connectivity index (χ1n) is 7.72. The zero-order chi connectivity index (χ0) is 16.6. The largest absolute Gasteiger partial charge is 0.416 e. The van der Waals surface area contributed by atoms with E-state index in [1.165, 1.54) is 12.1 Å². The van der Waals surface area contributed by atoms with Crippen molar-refractivity contribution < 1.29 is 23.1 Å². The summed E-state index contributed by atoms with van der Waals surface area (Å²) in [6.45, 7) is 1.68. The van der Waals surface area contributed by atoms with Crippen molar-refractivity contribution in [3.63, 3.8) is 0 Å². The molecule has 4 nitrogen and oxygen atoms in total. The number of likely N-dealkylation sites (tertiary alicyclic amines) is 2. The number of β-amino-alcohol motifs (C(OH)–C–C–N with tert-alkyl or cyclic N) is 1. The first kappa shape index (κ1) is 16.3. The van der Waals surface area contributed by atoms with E-state index >= 15 is 0 Å². The smallest absolute Gasteiger partial charge is 0.392 e. The summed E-state index contributed by atoms with van der Waals surface area (Å²) in [4.78, 5) is 15.5. The van der Waals surface area contributed by atoms with E-state index in [0.29, 0.717) is 13.1 Å². The number of alkyl halides is 3. The molecule has 0 bridgehead atoms. The first-order chi connectivity index (χ1) is 10.9. The third kappa shape index (κ3) is 3.35. The number of aliphatic hydroxyl groups excluding tert-OH is 1. The van der Waals surface area contributed by atoms with Crippen LogP contribution in [-0.4, -0.2) is 53.1 Å². The quantitative estimate of drug-likeness (QED) is 0.923. The molecule has 2 aliphatic heterocycles. The van der Waals surface area contributed by atoms with Crippen LogP contribution in [0.1, 0.15) is 30.0 Å². The Kier molecular flexibility index (Phi) is 4.33. The molecule has 1 aromatic rings. The molecule has 23 heavy (non-hydrogen) atoms. The molecule has 3 rings (SSSR count). The second kappa shape index (κ2) is 6.13. The average Bonchev–Trinajstić information content (AvgIpc) is 2.76. The molecule has 0 radical (unpaired) electrons. The van der Waals surface area contributed by atoms with Crippen LogP contribution in [0.2, 0.25) is 0 Å². The molecule has 0 aliphatic carbocycles. The zero-order valence-electron chi connectivity index (χ0n) is 12.6. The van der Waals surface area contributed by atoms with E-state index in [-0.39, 0.29) is 31.0 Å². The van der Waals surface area contributed by atoms with Gasteiger partial charge in [-0.3, -0.25) is 9.69 Å². The number of hydrogen-bond acceptors (Lipinski definition) is 3. The Morgan fingerprint density at radius 1 is 1.26 bits per heavy atom. The minimum atomic E-state index is -4.45. The third-order valence-electron chi connectivity index (χ3n) is 4.55. The van der Waals surface area contributed by atoms with Crippen LogP contribution in [-0.2, 0) is 11.0 Å². The van der Waals surface area contributed by atoms with E-state index in [4.69, 9.17) is 0 Å². The molecule has 0 unspecified atom stereocenters. The van der Waals surface area contributed by atoms with Crippen LogP contribution in [0.5, 0.6) is 0 Å². The number of carbonyl (C=O) groups is 1. The minimum Gasteiger partial charge on any atom is -0.392 e. The lowest BCUT2D eigenvalue weighted by Gasteiger charge is -2.34. The number of nitrogens with zero attached hydrogens (tertiary/aromatic N) is 2. The summed E-state index contributed by atoms with van der Waals surface area (Å²) < 4.78 is 39.7. The van der Waals surface area contributed by atoms with Crippen LogP contribution in [0.3, 0.4) is 0 Å². The molecule has 7 heteroatoms. The Hall–Kier alpha value is -1.60. The highest BCUT2D eigenvalue weighted by atomic mass is 19.4. The highest BCUT2D eigenvalue weighted by Crippen LogP contribution is 2.40. The Morgan fingerprint density at radius 2 is 1.96 bits per heavy atom. The monoisotopic (exact) mass is 328 g/mol. The van der Waals surface area contributed by atoms with Gasteiger partial charge in [0.15, 0.2) is 0 Å². The van der Waals surface area contributed by atoms with Gasteiger partial charge in [-0.2, -0.15) is 13.2 Å². The summed E-state index contributed by atoms with van der Waals surface area (Å²) in [5.74, 6) is -0.0835. The van der Waals surface area contributed by atoms with Crippen molar-refractivity contribution in [3.05, 3.63) is 35.4 Å². The van der Waals surface area contributed by atoms with Crippen LogP contribution in [0.25, 0.3) is 0 Å². The molecule has 126 valence electrons. The van der Waals surface area contributed by atoms with Crippen molar-refractivity contribution in [1.82, 2.24) is 9.80 Å². The number of carbonyl (C=O) groups excluding carboxylic acids is 1. The summed E-state index contributed by atoms with van der Waals surface area (Å²) in [7, 11) is 0. The van der Waals surface area contributed by atoms with Gasteiger partial charge >= 0.3 is 6.18 Å². The molecule has 2 saturated heterocycles. The van der Waals surface area contributed by atoms with E-state index in [1.807, 2.05) is 0 Å². The van der Waals surface area contributed by atoms with E-state index in [2.05, 4.69) is 0 Å². The lowest BCUT2D eigenvalue weighted by atomic mass is 9.97. The summed E-state index contributed by atoms with van der Waals surface area (Å²) >= 11 is 0. The van der Waals surface area contributed by atoms with Crippen molar-refractivity contribution >= 4 is 5.91 Å². The molecular weight excluding hydrogens is 309 g/mol. The summed E-state index contributed by atoms with van der Waals surface area (Å²) in [6.07, 6.45) is -3.99. The number of halogens is 3. The predicted molar refractivity (Wildman–Crippen MR) is 77.6 cm³/mol. The molecule has 0 aromatic heterocycles.